The fourth-order valence-corrected chi connectivity index (χ4v) is 3.72. The average molecular weight is 480 g/mol. The molecule has 9 heteroatoms. The molecule has 0 radical (unpaired) electrons. The molecule has 0 rings (SSSR count). The zero-order valence-electron chi connectivity index (χ0n) is 20.1. The molecule has 0 saturated heterocycles. The highest BCUT2D eigenvalue weighted by Crippen LogP contribution is 2.35. The van der Waals surface area contributed by atoms with Crippen molar-refractivity contribution in [1.82, 2.24) is 0 Å². The topological polar surface area (TPSA) is 128 Å². The largest absolute Gasteiger partial charge is 0.469 e. The summed E-state index contributed by atoms with van der Waals surface area (Å²) in [5.41, 5.74) is 5.79. The zero-order valence-corrected chi connectivity index (χ0v) is 21.0. The molecule has 0 aromatic carbocycles. The van der Waals surface area contributed by atoms with Crippen LogP contribution in [0.1, 0.15) is 97.3 Å². The first kappa shape index (κ1) is 31.2. The number of carbonyl (C=O) groups excluding carboxylic acids is 1. The van der Waals surface area contributed by atoms with E-state index >= 15 is 0 Å². The maximum absolute atomic E-state index is 11.2. The summed E-state index contributed by atoms with van der Waals surface area (Å²) in [5.74, 6) is -0.460. The van der Waals surface area contributed by atoms with Crippen molar-refractivity contribution in [1.29, 1.82) is 0 Å². The van der Waals surface area contributed by atoms with Crippen LogP contribution < -0.4 is 5.73 Å². The molecule has 190 valence electrons. The molecule has 0 spiro atoms. The zero-order chi connectivity index (χ0) is 24.1. The molecule has 0 aromatic rings. The highest BCUT2D eigenvalue weighted by Gasteiger charge is 2.21. The minimum Gasteiger partial charge on any atom is -0.460 e. The number of esters is 1. The van der Waals surface area contributed by atoms with E-state index in [9.17, 15) is 9.36 Å². The Labute approximate surface area is 194 Å². The molecule has 32 heavy (non-hydrogen) atoms. The smallest absolute Gasteiger partial charge is 0.460 e. The number of rotatable bonds is 22. The van der Waals surface area contributed by atoms with Crippen LogP contribution in [-0.4, -0.2) is 47.7 Å². The van der Waals surface area contributed by atoms with E-state index < -0.39 is 25.9 Å². The van der Waals surface area contributed by atoms with Gasteiger partial charge in [-0.3, -0.25) is 9.32 Å². The minimum atomic E-state index is -4.57. The van der Waals surface area contributed by atoms with Crippen molar-refractivity contribution in [2.45, 2.75) is 109 Å². The average Bonchev–Trinajstić information content (AvgIpc) is 2.71. The molecule has 4 N–H and O–H groups in total. The van der Waals surface area contributed by atoms with E-state index in [0.717, 1.165) is 12.8 Å². The van der Waals surface area contributed by atoms with Crippen LogP contribution >= 0.6 is 7.82 Å². The second-order valence-electron chi connectivity index (χ2n) is 8.32. The highest BCUT2D eigenvalue weighted by molar-refractivity contribution is 7.46. The van der Waals surface area contributed by atoms with E-state index in [1.165, 1.54) is 71.1 Å². The first-order valence-corrected chi connectivity index (χ1v) is 13.6. The molecular formula is C23H46NO7P. The summed E-state index contributed by atoms with van der Waals surface area (Å²) in [5, 5.41) is 0. The SMILES string of the molecule is CCCCCCCCCCCCC=CCCOCC(CC(N)COP(=O)(O)O)OC(C)=O. The van der Waals surface area contributed by atoms with Gasteiger partial charge in [0.05, 0.1) is 19.8 Å². The second-order valence-corrected chi connectivity index (χ2v) is 9.56. The van der Waals surface area contributed by atoms with Crippen LogP contribution in [0.5, 0.6) is 0 Å². The van der Waals surface area contributed by atoms with Gasteiger partial charge in [-0.2, -0.15) is 0 Å². The summed E-state index contributed by atoms with van der Waals surface area (Å²) in [7, 11) is -4.57. The van der Waals surface area contributed by atoms with Crippen LogP contribution in [0.25, 0.3) is 0 Å². The molecule has 0 heterocycles. The first-order chi connectivity index (χ1) is 15.2. The van der Waals surface area contributed by atoms with Gasteiger partial charge in [0.25, 0.3) is 0 Å². The van der Waals surface area contributed by atoms with Crippen LogP contribution in [0, 0.1) is 0 Å². The van der Waals surface area contributed by atoms with Gasteiger partial charge in [0, 0.05) is 19.4 Å². The Morgan fingerprint density at radius 3 is 2.06 bits per heavy atom. The van der Waals surface area contributed by atoms with E-state index in [-0.39, 0.29) is 19.6 Å². The molecule has 0 fully saturated rings. The predicted molar refractivity (Wildman–Crippen MR) is 127 cm³/mol. The van der Waals surface area contributed by atoms with E-state index in [1.807, 2.05) is 0 Å². The maximum atomic E-state index is 11.2. The Balaban J connectivity index is 3.74. The van der Waals surface area contributed by atoms with Gasteiger partial charge in [-0.25, -0.2) is 4.57 Å². The molecule has 0 aliphatic heterocycles. The van der Waals surface area contributed by atoms with E-state index in [1.54, 1.807) is 0 Å². The number of hydrogen-bond acceptors (Lipinski definition) is 6. The number of phosphoric ester groups is 1. The van der Waals surface area contributed by atoms with Crippen molar-refractivity contribution in [2.75, 3.05) is 19.8 Å². The van der Waals surface area contributed by atoms with Crippen molar-refractivity contribution >= 4 is 13.8 Å². The van der Waals surface area contributed by atoms with E-state index in [4.69, 9.17) is 25.0 Å². The summed E-state index contributed by atoms with van der Waals surface area (Å²) in [6.07, 6.45) is 19.1. The Kier molecular flexibility index (Phi) is 20.3. The molecule has 0 aliphatic rings. The lowest BCUT2D eigenvalue weighted by atomic mass is 10.1. The Hall–Kier alpha value is -0.760. The van der Waals surface area contributed by atoms with Crippen molar-refractivity contribution in [3.05, 3.63) is 12.2 Å². The Morgan fingerprint density at radius 1 is 0.938 bits per heavy atom. The third kappa shape index (κ3) is 23.9. The van der Waals surface area contributed by atoms with Gasteiger partial charge in [-0.15, -0.1) is 0 Å². The molecular weight excluding hydrogens is 433 g/mol. The first-order valence-electron chi connectivity index (χ1n) is 12.1. The monoisotopic (exact) mass is 479 g/mol. The number of phosphoric acid groups is 1. The Bertz CT molecular complexity index is 524. The summed E-state index contributed by atoms with van der Waals surface area (Å²) < 4.78 is 25.9. The summed E-state index contributed by atoms with van der Waals surface area (Å²) in [6.45, 7) is 3.89. The lowest BCUT2D eigenvalue weighted by Crippen LogP contribution is -2.34. The Morgan fingerprint density at radius 2 is 1.50 bits per heavy atom. The fourth-order valence-electron chi connectivity index (χ4n) is 3.33. The van der Waals surface area contributed by atoms with Crippen molar-refractivity contribution in [3.8, 4) is 0 Å². The number of allylic oxidation sites excluding steroid dienone is 1. The van der Waals surface area contributed by atoms with Crippen molar-refractivity contribution in [3.63, 3.8) is 0 Å². The van der Waals surface area contributed by atoms with Gasteiger partial charge in [-0.05, 0) is 19.3 Å². The van der Waals surface area contributed by atoms with Gasteiger partial charge in [0.2, 0.25) is 0 Å². The van der Waals surface area contributed by atoms with Crippen LogP contribution in [0.3, 0.4) is 0 Å². The summed E-state index contributed by atoms with van der Waals surface area (Å²) in [6, 6.07) is -0.684. The van der Waals surface area contributed by atoms with E-state index in [0.29, 0.717) is 6.61 Å². The number of carbonyl (C=O) groups is 1. The van der Waals surface area contributed by atoms with Crippen LogP contribution in [0.4, 0.5) is 0 Å². The molecule has 2 atom stereocenters. The summed E-state index contributed by atoms with van der Waals surface area (Å²) in [4.78, 5) is 28.7. The number of hydrogen-bond donors (Lipinski definition) is 3. The quantitative estimate of drug-likeness (QED) is 0.0855. The molecule has 0 aliphatic carbocycles. The molecule has 0 amide bonds. The third-order valence-corrected chi connectivity index (χ3v) is 5.46. The van der Waals surface area contributed by atoms with Gasteiger partial charge in [0.15, 0.2) is 0 Å². The molecule has 8 nitrogen and oxygen atoms in total. The highest BCUT2D eigenvalue weighted by atomic mass is 31.2. The number of ether oxygens (including phenoxy) is 2. The lowest BCUT2D eigenvalue weighted by Gasteiger charge is -2.21. The fraction of sp³-hybridized carbons (Fsp3) is 0.870. The normalized spacial score (nSPS) is 14.0. The second kappa shape index (κ2) is 20.8. The van der Waals surface area contributed by atoms with E-state index in [2.05, 4.69) is 23.6 Å². The molecule has 0 aromatic heterocycles. The third-order valence-electron chi connectivity index (χ3n) is 4.98. The van der Waals surface area contributed by atoms with Crippen LogP contribution in [-0.2, 0) is 23.4 Å². The molecule has 0 bridgehead atoms. The predicted octanol–water partition coefficient (Wildman–Crippen LogP) is 5.02. The van der Waals surface area contributed by atoms with Crippen molar-refractivity contribution in [2.24, 2.45) is 5.73 Å². The van der Waals surface area contributed by atoms with Crippen LogP contribution in [0.15, 0.2) is 12.2 Å². The molecule has 0 saturated carbocycles. The lowest BCUT2D eigenvalue weighted by molar-refractivity contribution is -0.150. The standard InChI is InChI=1S/C23H46NO7P/c1-3-4-5-6-7-8-9-10-11-12-13-14-15-16-17-29-20-23(31-21(2)25)18-22(24)19-30-32(26,27)28/h14-15,22-23H,3-13,16-20,24H2,1-2H3,(H2,26,27,28). The van der Waals surface area contributed by atoms with Gasteiger partial charge in [0.1, 0.15) is 6.10 Å². The van der Waals surface area contributed by atoms with Gasteiger partial charge >= 0.3 is 13.8 Å². The maximum Gasteiger partial charge on any atom is 0.469 e. The summed E-state index contributed by atoms with van der Waals surface area (Å²) >= 11 is 0. The van der Waals surface area contributed by atoms with Crippen LogP contribution in [0.2, 0.25) is 0 Å². The van der Waals surface area contributed by atoms with Gasteiger partial charge in [-0.1, -0.05) is 76.9 Å². The van der Waals surface area contributed by atoms with Gasteiger partial charge < -0.3 is 25.0 Å². The minimum absolute atomic E-state index is 0.176. The number of unbranched alkanes of at least 4 members (excludes halogenated alkanes) is 10. The number of nitrogens with two attached hydrogens (primary N) is 1. The molecule has 2 unspecified atom stereocenters. The van der Waals surface area contributed by atoms with Crippen molar-refractivity contribution < 1.29 is 33.1 Å².